The molecule has 0 saturated carbocycles. The van der Waals surface area contributed by atoms with E-state index in [0.717, 1.165) is 0 Å². The van der Waals surface area contributed by atoms with Crippen LogP contribution in [0.3, 0.4) is 0 Å². The lowest BCUT2D eigenvalue weighted by molar-refractivity contribution is -0.136. The van der Waals surface area contributed by atoms with Crippen LogP contribution < -0.4 is 5.32 Å². The Bertz CT molecular complexity index is 603. The Morgan fingerprint density at radius 3 is 2.75 bits per heavy atom. The SMILES string of the molecule is COC(=O)/C(=C/c1cc(Cl)ccc1NC(C)=O)CC#N. The number of carbonyl (C=O) groups is 2. The fraction of sp³-hybridized carbons (Fsp3) is 0.214. The van der Waals surface area contributed by atoms with Gasteiger partial charge in [-0.05, 0) is 24.3 Å². The number of nitrogens with zero attached hydrogens (tertiary/aromatic N) is 1. The number of methoxy groups -OCH3 is 1. The second-order valence-corrected chi connectivity index (χ2v) is 4.35. The van der Waals surface area contributed by atoms with E-state index in [0.29, 0.717) is 16.3 Å². The van der Waals surface area contributed by atoms with Gasteiger partial charge in [0, 0.05) is 23.2 Å². The van der Waals surface area contributed by atoms with Crippen molar-refractivity contribution < 1.29 is 14.3 Å². The second kappa shape index (κ2) is 7.31. The molecular formula is C14H13ClN2O3. The monoisotopic (exact) mass is 292 g/mol. The quantitative estimate of drug-likeness (QED) is 0.683. The smallest absolute Gasteiger partial charge is 0.334 e. The molecule has 1 aromatic carbocycles. The molecule has 0 aliphatic rings. The van der Waals surface area contributed by atoms with Crippen molar-refractivity contribution in [2.45, 2.75) is 13.3 Å². The summed E-state index contributed by atoms with van der Waals surface area (Å²) in [5.74, 6) is -0.845. The van der Waals surface area contributed by atoms with Gasteiger partial charge < -0.3 is 10.1 Å². The number of benzene rings is 1. The first kappa shape index (κ1) is 15.7. The average Bonchev–Trinajstić information content (AvgIpc) is 2.40. The molecule has 0 spiro atoms. The van der Waals surface area contributed by atoms with E-state index in [1.165, 1.54) is 20.1 Å². The zero-order chi connectivity index (χ0) is 15.1. The highest BCUT2D eigenvalue weighted by atomic mass is 35.5. The summed E-state index contributed by atoms with van der Waals surface area (Å²) in [4.78, 5) is 22.7. The molecule has 0 aliphatic carbocycles. The van der Waals surface area contributed by atoms with Crippen LogP contribution in [0.25, 0.3) is 6.08 Å². The lowest BCUT2D eigenvalue weighted by Crippen LogP contribution is -2.08. The van der Waals surface area contributed by atoms with Gasteiger partial charge in [0.05, 0.1) is 25.2 Å². The molecule has 0 unspecified atom stereocenters. The van der Waals surface area contributed by atoms with Crippen LogP contribution in [-0.4, -0.2) is 19.0 Å². The maximum Gasteiger partial charge on any atom is 0.334 e. The normalized spacial score (nSPS) is 10.6. The predicted octanol–water partition coefficient (Wildman–Crippen LogP) is 2.77. The summed E-state index contributed by atoms with van der Waals surface area (Å²) < 4.78 is 4.61. The van der Waals surface area contributed by atoms with Gasteiger partial charge in [0.2, 0.25) is 5.91 Å². The van der Waals surface area contributed by atoms with Crippen LogP contribution in [0.4, 0.5) is 5.69 Å². The van der Waals surface area contributed by atoms with Crippen LogP contribution in [-0.2, 0) is 14.3 Å². The van der Waals surface area contributed by atoms with Crippen LogP contribution in [0, 0.1) is 11.3 Å². The molecule has 1 rings (SSSR count). The molecule has 1 aromatic rings. The van der Waals surface area contributed by atoms with E-state index >= 15 is 0 Å². The minimum atomic E-state index is -0.597. The number of amides is 1. The number of halogens is 1. The third-order valence-corrected chi connectivity index (χ3v) is 2.61. The molecular weight excluding hydrogens is 280 g/mol. The number of nitrogens with one attached hydrogen (secondary N) is 1. The van der Waals surface area contributed by atoms with Crippen molar-refractivity contribution in [2.75, 3.05) is 12.4 Å². The van der Waals surface area contributed by atoms with Gasteiger partial charge in [0.25, 0.3) is 0 Å². The van der Waals surface area contributed by atoms with Gasteiger partial charge in [-0.1, -0.05) is 11.6 Å². The maximum absolute atomic E-state index is 11.6. The van der Waals surface area contributed by atoms with Crippen LogP contribution >= 0.6 is 11.6 Å². The number of carbonyl (C=O) groups excluding carboxylic acids is 2. The molecule has 0 saturated heterocycles. The van der Waals surface area contributed by atoms with Gasteiger partial charge in [-0.2, -0.15) is 5.26 Å². The number of rotatable bonds is 4. The Kier molecular flexibility index (Phi) is 5.75. The van der Waals surface area contributed by atoms with E-state index in [-0.39, 0.29) is 17.9 Å². The molecule has 6 heteroatoms. The van der Waals surface area contributed by atoms with Gasteiger partial charge >= 0.3 is 5.97 Å². The first-order valence-corrected chi connectivity index (χ1v) is 6.08. The average molecular weight is 293 g/mol. The Morgan fingerprint density at radius 2 is 2.20 bits per heavy atom. The van der Waals surface area contributed by atoms with Gasteiger partial charge in [-0.25, -0.2) is 4.79 Å². The number of hydrogen-bond acceptors (Lipinski definition) is 4. The highest BCUT2D eigenvalue weighted by molar-refractivity contribution is 6.30. The highest BCUT2D eigenvalue weighted by Gasteiger charge is 2.11. The van der Waals surface area contributed by atoms with Crippen LogP contribution in [0.2, 0.25) is 5.02 Å². The summed E-state index contributed by atoms with van der Waals surface area (Å²) in [6, 6.07) is 6.72. The number of hydrogen-bond donors (Lipinski definition) is 1. The van der Waals surface area contributed by atoms with E-state index in [4.69, 9.17) is 16.9 Å². The molecule has 0 aliphatic heterocycles. The summed E-state index contributed by atoms with van der Waals surface area (Å²) in [7, 11) is 1.24. The van der Waals surface area contributed by atoms with Crippen molar-refractivity contribution >= 4 is 35.2 Å². The molecule has 5 nitrogen and oxygen atoms in total. The number of nitriles is 1. The summed E-state index contributed by atoms with van der Waals surface area (Å²) in [6.07, 6.45) is 1.38. The molecule has 20 heavy (non-hydrogen) atoms. The van der Waals surface area contributed by atoms with Crippen molar-refractivity contribution in [2.24, 2.45) is 0 Å². The molecule has 0 bridgehead atoms. The lowest BCUT2D eigenvalue weighted by Gasteiger charge is -2.08. The second-order valence-electron chi connectivity index (χ2n) is 3.91. The summed E-state index contributed by atoms with van der Waals surface area (Å²) >= 11 is 5.90. The topological polar surface area (TPSA) is 79.2 Å². The maximum atomic E-state index is 11.6. The molecule has 1 amide bonds. The summed E-state index contributed by atoms with van der Waals surface area (Å²) in [6.45, 7) is 1.37. The summed E-state index contributed by atoms with van der Waals surface area (Å²) in [5, 5.41) is 11.8. The fourth-order valence-electron chi connectivity index (χ4n) is 1.54. The molecule has 1 N–H and O–H groups in total. The van der Waals surface area contributed by atoms with E-state index in [1.807, 2.05) is 6.07 Å². The van der Waals surface area contributed by atoms with Crippen LogP contribution in [0.1, 0.15) is 18.9 Å². The van der Waals surface area contributed by atoms with Crippen LogP contribution in [0.5, 0.6) is 0 Å². The van der Waals surface area contributed by atoms with Gasteiger partial charge in [-0.3, -0.25) is 4.79 Å². The Morgan fingerprint density at radius 1 is 1.50 bits per heavy atom. The van der Waals surface area contributed by atoms with E-state index in [9.17, 15) is 9.59 Å². The molecule has 0 aromatic heterocycles. The van der Waals surface area contributed by atoms with Crippen molar-refractivity contribution in [1.29, 1.82) is 5.26 Å². The first-order chi connectivity index (χ1) is 9.47. The molecule has 104 valence electrons. The van der Waals surface area contributed by atoms with Crippen molar-refractivity contribution in [3.8, 4) is 6.07 Å². The Balaban J connectivity index is 3.28. The largest absolute Gasteiger partial charge is 0.466 e. The van der Waals surface area contributed by atoms with Gasteiger partial charge in [0.15, 0.2) is 0 Å². The Labute approximate surface area is 121 Å². The standard InChI is InChI=1S/C14H13ClN2O3/c1-9(18)17-13-4-3-12(15)8-11(13)7-10(5-6-16)14(19)20-2/h3-4,7-8H,5H2,1-2H3,(H,17,18)/b10-7+. The van der Waals surface area contributed by atoms with E-state index < -0.39 is 5.97 Å². The third kappa shape index (κ3) is 4.41. The molecule has 0 heterocycles. The van der Waals surface area contributed by atoms with Crippen molar-refractivity contribution in [3.05, 3.63) is 34.4 Å². The molecule has 0 fully saturated rings. The molecule has 0 atom stereocenters. The van der Waals surface area contributed by atoms with Crippen molar-refractivity contribution in [3.63, 3.8) is 0 Å². The highest BCUT2D eigenvalue weighted by Crippen LogP contribution is 2.24. The van der Waals surface area contributed by atoms with E-state index in [1.54, 1.807) is 18.2 Å². The summed E-state index contributed by atoms with van der Waals surface area (Å²) in [5.41, 5.74) is 1.22. The number of ether oxygens (including phenoxy) is 1. The third-order valence-electron chi connectivity index (χ3n) is 2.37. The Hall–Kier alpha value is -2.32. The zero-order valence-electron chi connectivity index (χ0n) is 11.1. The minimum Gasteiger partial charge on any atom is -0.466 e. The van der Waals surface area contributed by atoms with Crippen LogP contribution in [0.15, 0.2) is 23.8 Å². The minimum absolute atomic E-state index is 0.0985. The number of anilines is 1. The predicted molar refractivity (Wildman–Crippen MR) is 76.0 cm³/mol. The van der Waals surface area contributed by atoms with Gasteiger partial charge in [0.1, 0.15) is 0 Å². The zero-order valence-corrected chi connectivity index (χ0v) is 11.8. The van der Waals surface area contributed by atoms with Gasteiger partial charge in [-0.15, -0.1) is 0 Å². The number of esters is 1. The lowest BCUT2D eigenvalue weighted by atomic mass is 10.1. The molecule has 0 radical (unpaired) electrons. The fourth-order valence-corrected chi connectivity index (χ4v) is 1.72. The van der Waals surface area contributed by atoms with E-state index in [2.05, 4.69) is 10.1 Å². The first-order valence-electron chi connectivity index (χ1n) is 5.71. The van der Waals surface area contributed by atoms with Crippen molar-refractivity contribution in [1.82, 2.24) is 0 Å².